The van der Waals surface area contributed by atoms with Gasteiger partial charge in [0.15, 0.2) is 0 Å². The molecule has 0 fully saturated rings. The molecule has 0 aliphatic rings. The van der Waals surface area contributed by atoms with Crippen molar-refractivity contribution in [3.8, 4) is 0 Å². The summed E-state index contributed by atoms with van der Waals surface area (Å²) < 4.78 is 15.1. The van der Waals surface area contributed by atoms with Gasteiger partial charge in [0.2, 0.25) is 0 Å². The Bertz CT molecular complexity index is 575. The Kier molecular flexibility index (Phi) is 4.65. The summed E-state index contributed by atoms with van der Waals surface area (Å²) in [4.78, 5) is 0. The van der Waals surface area contributed by atoms with Gasteiger partial charge in [-0.1, -0.05) is 39.7 Å². The molecule has 0 unspecified atom stereocenters. The fourth-order valence-corrected chi connectivity index (χ4v) is 2.41. The van der Waals surface area contributed by atoms with E-state index >= 15 is 0 Å². The Morgan fingerprint density at radius 1 is 1.17 bits per heavy atom. The first kappa shape index (κ1) is 13.8. The second-order valence-corrected chi connectivity index (χ2v) is 5.81. The molecule has 2 rings (SSSR count). The molecule has 1 nitrogen and oxygen atoms in total. The third-order valence-electron chi connectivity index (χ3n) is 2.44. The predicted octanol–water partition coefficient (Wildman–Crippen LogP) is 5.62. The smallest absolute Gasteiger partial charge is 0.129 e. The van der Waals surface area contributed by atoms with E-state index in [0.29, 0.717) is 17.1 Å². The van der Waals surface area contributed by atoms with E-state index in [0.717, 1.165) is 14.6 Å². The van der Waals surface area contributed by atoms with E-state index in [1.54, 1.807) is 12.1 Å². The third-order valence-corrected chi connectivity index (χ3v) is 4.33. The molecule has 0 aliphatic heterocycles. The molecular weight excluding hydrogens is 384 g/mol. The number of benzene rings is 2. The van der Waals surface area contributed by atoms with Crippen LogP contribution in [0.5, 0.6) is 0 Å². The van der Waals surface area contributed by atoms with E-state index in [-0.39, 0.29) is 5.82 Å². The van der Waals surface area contributed by atoms with Crippen LogP contribution in [0.25, 0.3) is 0 Å². The van der Waals surface area contributed by atoms with E-state index in [4.69, 9.17) is 11.6 Å². The van der Waals surface area contributed by atoms with Crippen LogP contribution in [-0.2, 0) is 6.54 Å². The highest BCUT2D eigenvalue weighted by atomic mass is 79.9. The average Bonchev–Trinajstić information content (AvgIpc) is 2.33. The molecule has 0 atom stereocenters. The van der Waals surface area contributed by atoms with Crippen LogP contribution in [-0.4, -0.2) is 0 Å². The van der Waals surface area contributed by atoms with Crippen molar-refractivity contribution in [2.75, 3.05) is 5.32 Å². The zero-order chi connectivity index (χ0) is 13.1. The molecule has 18 heavy (non-hydrogen) atoms. The van der Waals surface area contributed by atoms with Crippen LogP contribution in [0.3, 0.4) is 0 Å². The van der Waals surface area contributed by atoms with E-state index in [1.165, 1.54) is 6.07 Å². The van der Waals surface area contributed by atoms with Gasteiger partial charge in [-0.05, 0) is 40.2 Å². The van der Waals surface area contributed by atoms with Crippen LogP contribution in [0.1, 0.15) is 5.56 Å². The third kappa shape index (κ3) is 3.25. The molecular formula is C13H9Br2ClFN. The summed E-state index contributed by atoms with van der Waals surface area (Å²) in [6.45, 7) is 0.401. The van der Waals surface area contributed by atoms with E-state index in [2.05, 4.69) is 37.2 Å². The Labute approximate surface area is 127 Å². The summed E-state index contributed by atoms with van der Waals surface area (Å²) in [5, 5.41) is 3.77. The number of hydrogen-bond acceptors (Lipinski definition) is 1. The minimum atomic E-state index is -0.241. The Morgan fingerprint density at radius 3 is 2.67 bits per heavy atom. The first-order valence-electron chi connectivity index (χ1n) is 5.20. The molecule has 0 heterocycles. The van der Waals surface area contributed by atoms with Crippen LogP contribution in [0.2, 0.25) is 5.02 Å². The lowest BCUT2D eigenvalue weighted by Gasteiger charge is -2.10. The Balaban J connectivity index is 2.14. The summed E-state index contributed by atoms with van der Waals surface area (Å²) >= 11 is 12.6. The fourth-order valence-electron chi connectivity index (χ4n) is 1.50. The van der Waals surface area contributed by atoms with Crippen LogP contribution < -0.4 is 5.32 Å². The van der Waals surface area contributed by atoms with Crippen molar-refractivity contribution in [1.82, 2.24) is 0 Å². The molecule has 0 saturated carbocycles. The number of halogens is 4. The van der Waals surface area contributed by atoms with Crippen molar-refractivity contribution in [1.29, 1.82) is 0 Å². The highest BCUT2D eigenvalue weighted by Gasteiger charge is 2.06. The van der Waals surface area contributed by atoms with Gasteiger partial charge in [0, 0.05) is 16.6 Å². The summed E-state index contributed by atoms with van der Waals surface area (Å²) in [7, 11) is 0. The van der Waals surface area contributed by atoms with Crippen LogP contribution in [0.15, 0.2) is 45.3 Å². The molecule has 0 spiro atoms. The van der Waals surface area contributed by atoms with Gasteiger partial charge in [0.1, 0.15) is 5.82 Å². The lowest BCUT2D eigenvalue weighted by Crippen LogP contribution is -2.02. The number of nitrogens with one attached hydrogen (secondary N) is 1. The number of anilines is 1. The normalized spacial score (nSPS) is 10.4. The zero-order valence-corrected chi connectivity index (χ0v) is 13.1. The molecule has 0 aromatic heterocycles. The van der Waals surface area contributed by atoms with E-state index < -0.39 is 0 Å². The van der Waals surface area contributed by atoms with Crippen molar-refractivity contribution < 1.29 is 4.39 Å². The van der Waals surface area contributed by atoms with Crippen LogP contribution in [0, 0.1) is 5.82 Å². The Morgan fingerprint density at radius 2 is 1.94 bits per heavy atom. The molecule has 2 aromatic rings. The monoisotopic (exact) mass is 391 g/mol. The maximum atomic E-state index is 13.6. The summed E-state index contributed by atoms with van der Waals surface area (Å²) in [6, 6.07) is 10.5. The Hall–Kier alpha value is -0.580. The van der Waals surface area contributed by atoms with Gasteiger partial charge in [-0.15, -0.1) is 0 Å². The largest absolute Gasteiger partial charge is 0.380 e. The maximum absolute atomic E-state index is 13.6. The van der Waals surface area contributed by atoms with Gasteiger partial charge in [-0.3, -0.25) is 0 Å². The minimum absolute atomic E-state index is 0.241. The number of hydrogen-bond donors (Lipinski definition) is 1. The predicted molar refractivity (Wildman–Crippen MR) is 80.6 cm³/mol. The molecule has 1 N–H and O–H groups in total. The van der Waals surface area contributed by atoms with Gasteiger partial charge in [0.05, 0.1) is 15.2 Å². The van der Waals surface area contributed by atoms with Crippen molar-refractivity contribution in [3.63, 3.8) is 0 Å². The summed E-state index contributed by atoms with van der Waals surface area (Å²) in [5.41, 5.74) is 1.44. The van der Waals surface area contributed by atoms with E-state index in [9.17, 15) is 4.39 Å². The van der Waals surface area contributed by atoms with Gasteiger partial charge < -0.3 is 5.32 Å². The van der Waals surface area contributed by atoms with Crippen molar-refractivity contribution in [3.05, 3.63) is 61.7 Å². The van der Waals surface area contributed by atoms with E-state index in [1.807, 2.05) is 18.2 Å². The average molecular weight is 393 g/mol. The summed E-state index contributed by atoms with van der Waals surface area (Å²) in [5.74, 6) is -0.241. The molecule has 0 aliphatic carbocycles. The first-order valence-corrected chi connectivity index (χ1v) is 7.16. The van der Waals surface area contributed by atoms with Crippen molar-refractivity contribution in [2.45, 2.75) is 6.54 Å². The SMILES string of the molecule is Fc1cc(Br)ccc1CNc1cccc(Cl)c1Br. The maximum Gasteiger partial charge on any atom is 0.129 e. The lowest BCUT2D eigenvalue weighted by molar-refractivity contribution is 0.612. The quantitative estimate of drug-likeness (QED) is 0.714. The first-order chi connectivity index (χ1) is 8.58. The topological polar surface area (TPSA) is 12.0 Å². The van der Waals surface area contributed by atoms with Gasteiger partial charge in [0.25, 0.3) is 0 Å². The molecule has 0 amide bonds. The number of rotatable bonds is 3. The van der Waals surface area contributed by atoms with Crippen LogP contribution in [0.4, 0.5) is 10.1 Å². The second kappa shape index (κ2) is 6.04. The molecule has 0 radical (unpaired) electrons. The van der Waals surface area contributed by atoms with Gasteiger partial charge in [-0.25, -0.2) is 4.39 Å². The summed E-state index contributed by atoms with van der Waals surface area (Å²) in [6.07, 6.45) is 0. The standard InChI is InChI=1S/C13H9Br2ClFN/c14-9-5-4-8(11(17)6-9)7-18-12-3-1-2-10(16)13(12)15/h1-6,18H,7H2. The molecule has 2 aromatic carbocycles. The van der Waals surface area contributed by atoms with Gasteiger partial charge in [-0.2, -0.15) is 0 Å². The molecule has 94 valence electrons. The minimum Gasteiger partial charge on any atom is -0.380 e. The molecule has 0 saturated heterocycles. The molecule has 0 bridgehead atoms. The van der Waals surface area contributed by atoms with Crippen molar-refractivity contribution in [2.24, 2.45) is 0 Å². The highest BCUT2D eigenvalue weighted by molar-refractivity contribution is 9.11. The highest BCUT2D eigenvalue weighted by Crippen LogP contribution is 2.30. The molecule has 5 heteroatoms. The van der Waals surface area contributed by atoms with Crippen molar-refractivity contribution >= 4 is 49.1 Å². The van der Waals surface area contributed by atoms with Crippen LogP contribution >= 0.6 is 43.5 Å². The fraction of sp³-hybridized carbons (Fsp3) is 0.0769. The second-order valence-electron chi connectivity index (χ2n) is 3.69. The van der Waals surface area contributed by atoms with Gasteiger partial charge >= 0.3 is 0 Å². The lowest BCUT2D eigenvalue weighted by atomic mass is 10.2. The zero-order valence-electron chi connectivity index (χ0n) is 9.18.